The number of anilines is 1. The molecule has 0 unspecified atom stereocenters. The molecule has 0 fully saturated rings. The van der Waals surface area contributed by atoms with Crippen LogP contribution in [0.1, 0.15) is 12.5 Å². The summed E-state index contributed by atoms with van der Waals surface area (Å²) >= 11 is 5.10. The van der Waals surface area contributed by atoms with Gasteiger partial charge < -0.3 is 26.8 Å². The topological polar surface area (TPSA) is 102 Å². The van der Waals surface area contributed by atoms with Crippen LogP contribution in [0.2, 0.25) is 0 Å². The number of nitrogens with one attached hydrogen (secondary N) is 2. The number of rotatable bonds is 6. The second-order valence-corrected chi connectivity index (χ2v) is 6.16. The highest BCUT2D eigenvalue weighted by molar-refractivity contribution is 7.80. The number of carbonyl (C=O) groups is 1. The molecule has 0 aliphatic heterocycles. The molecule has 0 spiro atoms. The van der Waals surface area contributed by atoms with Crippen LogP contribution in [0, 0.1) is 5.82 Å². The largest absolute Gasteiger partial charge is 0.454 e. The molecule has 0 heterocycles. The molecule has 0 bridgehead atoms. The number of ether oxygens (including phenoxy) is 1. The lowest BCUT2D eigenvalue weighted by Gasteiger charge is -2.12. The van der Waals surface area contributed by atoms with Gasteiger partial charge in [0, 0.05) is 17.8 Å². The van der Waals surface area contributed by atoms with Gasteiger partial charge >= 0.3 is 0 Å². The van der Waals surface area contributed by atoms with Crippen molar-refractivity contribution in [3.05, 3.63) is 83.6 Å². The van der Waals surface area contributed by atoms with Crippen molar-refractivity contribution >= 4 is 28.9 Å². The first-order valence-corrected chi connectivity index (χ1v) is 8.79. The summed E-state index contributed by atoms with van der Waals surface area (Å²) in [6, 6.07) is 13.5. The highest BCUT2D eigenvalue weighted by Crippen LogP contribution is 2.23. The van der Waals surface area contributed by atoms with Gasteiger partial charge in [0.25, 0.3) is 0 Å². The number of amides is 1. The Balaban J connectivity index is 1.95. The smallest absolute Gasteiger partial charge is 0.230 e. The first kappa shape index (κ1) is 20.9. The van der Waals surface area contributed by atoms with E-state index in [0.717, 1.165) is 5.56 Å². The van der Waals surface area contributed by atoms with Crippen molar-refractivity contribution in [2.45, 2.75) is 13.3 Å². The second kappa shape index (κ2) is 10.1. The lowest BCUT2D eigenvalue weighted by Crippen LogP contribution is -2.35. The van der Waals surface area contributed by atoms with E-state index >= 15 is 0 Å². The van der Waals surface area contributed by atoms with Crippen LogP contribution in [-0.4, -0.2) is 11.0 Å². The van der Waals surface area contributed by atoms with Crippen molar-refractivity contribution in [2.75, 3.05) is 5.32 Å². The summed E-state index contributed by atoms with van der Waals surface area (Å²) in [5.74, 6) is -0.540. The Morgan fingerprint density at radius 3 is 2.54 bits per heavy atom. The van der Waals surface area contributed by atoms with Crippen LogP contribution < -0.4 is 26.8 Å². The SMILES string of the molecule is C/C=C(\C=C(N)N)Oc1ccc(NC(=S)NC(=O)Cc2ccccc2)cc1F. The molecule has 6 N–H and O–H groups in total. The zero-order chi connectivity index (χ0) is 20.5. The van der Waals surface area contributed by atoms with Crippen LogP contribution in [0.4, 0.5) is 10.1 Å². The Bertz CT molecular complexity index is 910. The number of benzene rings is 2. The van der Waals surface area contributed by atoms with Crippen LogP contribution >= 0.6 is 12.2 Å². The third-order valence-corrected chi connectivity index (χ3v) is 3.68. The Morgan fingerprint density at radius 2 is 1.93 bits per heavy atom. The molecule has 146 valence electrons. The third kappa shape index (κ3) is 6.73. The van der Waals surface area contributed by atoms with Gasteiger partial charge in [-0.15, -0.1) is 0 Å². The summed E-state index contributed by atoms with van der Waals surface area (Å²) in [7, 11) is 0. The summed E-state index contributed by atoms with van der Waals surface area (Å²) in [4.78, 5) is 12.0. The maximum absolute atomic E-state index is 14.3. The van der Waals surface area contributed by atoms with Crippen LogP contribution in [0.3, 0.4) is 0 Å². The van der Waals surface area contributed by atoms with Crippen molar-refractivity contribution in [1.82, 2.24) is 5.32 Å². The molecule has 0 saturated carbocycles. The number of nitrogens with two attached hydrogens (primary N) is 2. The average Bonchev–Trinajstić information content (AvgIpc) is 2.63. The van der Waals surface area contributed by atoms with Gasteiger partial charge in [0.05, 0.1) is 12.2 Å². The fourth-order valence-corrected chi connectivity index (χ4v) is 2.47. The minimum absolute atomic E-state index is 0.00446. The lowest BCUT2D eigenvalue weighted by atomic mass is 10.1. The van der Waals surface area contributed by atoms with Gasteiger partial charge in [-0.1, -0.05) is 30.3 Å². The molecular formula is C20H21FN4O2S. The molecule has 1 amide bonds. The van der Waals surface area contributed by atoms with E-state index in [1.54, 1.807) is 19.1 Å². The quantitative estimate of drug-likeness (QED) is 0.338. The summed E-state index contributed by atoms with van der Waals surface area (Å²) < 4.78 is 19.7. The summed E-state index contributed by atoms with van der Waals surface area (Å²) in [5.41, 5.74) is 12.0. The molecule has 0 aliphatic rings. The van der Waals surface area contributed by atoms with E-state index in [1.165, 1.54) is 18.2 Å². The van der Waals surface area contributed by atoms with Gasteiger partial charge in [0.1, 0.15) is 5.76 Å². The van der Waals surface area contributed by atoms with Crippen LogP contribution in [0.15, 0.2) is 72.3 Å². The fourth-order valence-electron chi connectivity index (χ4n) is 2.24. The zero-order valence-corrected chi connectivity index (χ0v) is 16.1. The molecule has 28 heavy (non-hydrogen) atoms. The van der Waals surface area contributed by atoms with Crippen molar-refractivity contribution in [3.8, 4) is 5.75 Å². The van der Waals surface area contributed by atoms with Crippen LogP contribution in [0.5, 0.6) is 5.75 Å². The first-order valence-electron chi connectivity index (χ1n) is 8.38. The van der Waals surface area contributed by atoms with Crippen molar-refractivity contribution in [2.24, 2.45) is 11.5 Å². The standard InChI is InChI=1S/C20H21FN4O2S/c1-2-15(12-18(22)23)27-17-9-8-14(11-16(17)21)24-20(28)25-19(26)10-13-6-4-3-5-7-13/h2-9,11-12H,10,22-23H2,1H3,(H2,24,25,26,28)/b15-2+. The summed E-state index contributed by atoms with van der Waals surface area (Å²) in [5, 5.41) is 5.39. The Labute approximate surface area is 168 Å². The number of hydrogen-bond donors (Lipinski definition) is 4. The van der Waals surface area contributed by atoms with E-state index in [9.17, 15) is 9.18 Å². The van der Waals surface area contributed by atoms with E-state index in [2.05, 4.69) is 10.6 Å². The molecule has 0 aromatic heterocycles. The van der Waals surface area contributed by atoms with Crippen molar-refractivity contribution in [1.29, 1.82) is 0 Å². The summed E-state index contributed by atoms with van der Waals surface area (Å²) in [6.45, 7) is 1.71. The second-order valence-electron chi connectivity index (χ2n) is 5.75. The van der Waals surface area contributed by atoms with Crippen molar-refractivity contribution in [3.63, 3.8) is 0 Å². The lowest BCUT2D eigenvalue weighted by molar-refractivity contribution is -0.119. The fraction of sp³-hybridized carbons (Fsp3) is 0.100. The van der Waals surface area contributed by atoms with E-state index in [0.29, 0.717) is 11.4 Å². The Hall–Kier alpha value is -3.39. The van der Waals surface area contributed by atoms with Crippen LogP contribution in [-0.2, 0) is 11.2 Å². The summed E-state index contributed by atoms with van der Waals surface area (Å²) in [6.07, 6.45) is 3.17. The molecule has 0 atom stereocenters. The molecule has 6 nitrogen and oxygen atoms in total. The molecule has 0 aliphatic carbocycles. The minimum Gasteiger partial charge on any atom is -0.454 e. The molecule has 2 aromatic carbocycles. The monoisotopic (exact) mass is 400 g/mol. The highest BCUT2D eigenvalue weighted by Gasteiger charge is 2.10. The molecular weight excluding hydrogens is 379 g/mol. The van der Waals surface area contributed by atoms with E-state index < -0.39 is 5.82 Å². The first-order chi connectivity index (χ1) is 13.4. The van der Waals surface area contributed by atoms with E-state index in [4.69, 9.17) is 28.4 Å². The zero-order valence-electron chi connectivity index (χ0n) is 15.2. The molecule has 8 heteroatoms. The highest BCUT2D eigenvalue weighted by atomic mass is 32.1. The average molecular weight is 400 g/mol. The maximum atomic E-state index is 14.3. The Morgan fingerprint density at radius 1 is 1.21 bits per heavy atom. The van der Waals surface area contributed by atoms with Gasteiger partial charge in [0.15, 0.2) is 16.7 Å². The Kier molecular flexibility index (Phi) is 7.53. The number of halogens is 1. The maximum Gasteiger partial charge on any atom is 0.230 e. The molecule has 2 rings (SSSR count). The van der Waals surface area contributed by atoms with E-state index in [1.807, 2.05) is 30.3 Å². The molecule has 0 radical (unpaired) electrons. The minimum atomic E-state index is -0.619. The van der Waals surface area contributed by atoms with Gasteiger partial charge in [-0.3, -0.25) is 4.79 Å². The molecule has 0 saturated heterocycles. The van der Waals surface area contributed by atoms with Gasteiger partial charge in [0.2, 0.25) is 5.91 Å². The predicted octanol–water partition coefficient (Wildman–Crippen LogP) is 2.92. The van der Waals surface area contributed by atoms with Gasteiger partial charge in [-0.25, -0.2) is 4.39 Å². The van der Waals surface area contributed by atoms with E-state index in [-0.39, 0.29) is 29.0 Å². The van der Waals surface area contributed by atoms with Crippen LogP contribution in [0.25, 0.3) is 0 Å². The molecule has 2 aromatic rings. The number of carbonyl (C=O) groups excluding carboxylic acids is 1. The third-order valence-electron chi connectivity index (χ3n) is 3.47. The number of hydrogen-bond acceptors (Lipinski definition) is 5. The van der Waals surface area contributed by atoms with Gasteiger partial charge in [-0.05, 0) is 42.9 Å². The van der Waals surface area contributed by atoms with Gasteiger partial charge in [-0.2, -0.15) is 0 Å². The van der Waals surface area contributed by atoms with Crippen molar-refractivity contribution < 1.29 is 13.9 Å². The predicted molar refractivity (Wildman–Crippen MR) is 112 cm³/mol. The number of allylic oxidation sites excluding steroid dienone is 2. The normalized spacial score (nSPS) is 10.7. The number of thiocarbonyl (C=S) groups is 1.